The fourth-order valence-electron chi connectivity index (χ4n) is 3.77. The van der Waals surface area contributed by atoms with E-state index < -0.39 is 0 Å². The third kappa shape index (κ3) is 6.42. The number of urea groups is 1. The Morgan fingerprint density at radius 3 is 2.93 bits per heavy atom. The Morgan fingerprint density at radius 1 is 1.25 bits per heavy atom. The van der Waals surface area contributed by atoms with Crippen molar-refractivity contribution in [2.45, 2.75) is 51.2 Å². The average molecular weight is 390 g/mol. The molecule has 1 saturated heterocycles. The zero-order valence-corrected chi connectivity index (χ0v) is 17.3. The van der Waals surface area contributed by atoms with Crippen molar-refractivity contribution in [2.75, 3.05) is 39.0 Å². The molecule has 3 atom stereocenters. The molecule has 1 aromatic carbocycles. The standard InChI is InChI=1S/C20H35N7O/c1-14-11-18(22-8-4-10-27(2)3)25-19(23-14)26-20(28)24-17-6-5-16-13-21-9-7-15(16)12-17/h5-6,12,14,18-19,21-23,25H,4,7-11,13H2,1-3H3,(H2,24,26,28). The fourth-order valence-corrected chi connectivity index (χ4v) is 3.77. The van der Waals surface area contributed by atoms with Gasteiger partial charge in [-0.05, 0) is 83.2 Å². The lowest BCUT2D eigenvalue weighted by Gasteiger charge is -2.37. The Kier molecular flexibility index (Phi) is 7.64. The fraction of sp³-hybridized carbons (Fsp3) is 0.650. The molecule has 8 nitrogen and oxygen atoms in total. The van der Waals surface area contributed by atoms with Crippen LogP contribution in [-0.2, 0) is 13.0 Å². The summed E-state index contributed by atoms with van der Waals surface area (Å²) in [6.45, 7) is 6.04. The van der Waals surface area contributed by atoms with Gasteiger partial charge in [0.2, 0.25) is 0 Å². The highest BCUT2D eigenvalue weighted by Crippen LogP contribution is 2.19. The molecule has 28 heavy (non-hydrogen) atoms. The third-order valence-corrected chi connectivity index (χ3v) is 5.21. The second kappa shape index (κ2) is 10.2. The number of anilines is 1. The molecule has 0 saturated carbocycles. The molecular formula is C20H35N7O. The van der Waals surface area contributed by atoms with E-state index in [4.69, 9.17) is 0 Å². The second-order valence-electron chi connectivity index (χ2n) is 8.08. The molecule has 0 aromatic heterocycles. The van der Waals surface area contributed by atoms with Crippen molar-refractivity contribution in [3.8, 4) is 0 Å². The van der Waals surface area contributed by atoms with Crippen LogP contribution in [0.1, 0.15) is 30.9 Å². The van der Waals surface area contributed by atoms with Crippen LogP contribution in [-0.4, -0.2) is 63.2 Å². The van der Waals surface area contributed by atoms with Crippen molar-refractivity contribution in [1.29, 1.82) is 0 Å². The summed E-state index contributed by atoms with van der Waals surface area (Å²) in [5.41, 5.74) is 3.45. The number of hydrogen-bond donors (Lipinski definition) is 6. The highest BCUT2D eigenvalue weighted by Gasteiger charge is 2.25. The first kappa shape index (κ1) is 21.0. The smallest absolute Gasteiger partial charge is 0.312 e. The Morgan fingerprint density at radius 2 is 2.11 bits per heavy atom. The summed E-state index contributed by atoms with van der Waals surface area (Å²) in [4.78, 5) is 14.6. The van der Waals surface area contributed by atoms with E-state index in [1.165, 1.54) is 11.1 Å². The number of rotatable bonds is 7. The van der Waals surface area contributed by atoms with E-state index in [0.29, 0.717) is 6.04 Å². The number of nitrogens with one attached hydrogen (secondary N) is 6. The molecule has 0 bridgehead atoms. The van der Waals surface area contributed by atoms with Crippen LogP contribution in [0.15, 0.2) is 18.2 Å². The molecule has 2 aliphatic rings. The number of benzene rings is 1. The Hall–Kier alpha value is -1.71. The molecule has 3 unspecified atom stereocenters. The number of carbonyl (C=O) groups is 1. The first-order valence-corrected chi connectivity index (χ1v) is 10.3. The predicted octanol–water partition coefficient (Wildman–Crippen LogP) is 0.576. The SMILES string of the molecule is CC1CC(NCCCN(C)C)NC(NC(=O)Nc2ccc3c(c2)CCNC3)N1. The van der Waals surface area contributed by atoms with Gasteiger partial charge in [0.05, 0.1) is 6.17 Å². The van der Waals surface area contributed by atoms with E-state index in [9.17, 15) is 4.79 Å². The molecule has 156 valence electrons. The van der Waals surface area contributed by atoms with Crippen LogP contribution in [0.3, 0.4) is 0 Å². The molecule has 1 fully saturated rings. The average Bonchev–Trinajstić information content (AvgIpc) is 2.64. The van der Waals surface area contributed by atoms with Crippen molar-refractivity contribution >= 4 is 11.7 Å². The largest absolute Gasteiger partial charge is 0.321 e. The Bertz CT molecular complexity index is 651. The predicted molar refractivity (Wildman–Crippen MR) is 113 cm³/mol. The highest BCUT2D eigenvalue weighted by molar-refractivity contribution is 5.89. The lowest BCUT2D eigenvalue weighted by Crippen LogP contribution is -2.67. The molecule has 0 aliphatic carbocycles. The van der Waals surface area contributed by atoms with Gasteiger partial charge in [0.15, 0.2) is 0 Å². The van der Waals surface area contributed by atoms with Crippen LogP contribution in [0.4, 0.5) is 10.5 Å². The van der Waals surface area contributed by atoms with Gasteiger partial charge in [0, 0.05) is 18.3 Å². The summed E-state index contributed by atoms with van der Waals surface area (Å²) >= 11 is 0. The first-order valence-electron chi connectivity index (χ1n) is 10.3. The molecule has 1 aromatic rings. The summed E-state index contributed by atoms with van der Waals surface area (Å²) < 4.78 is 0. The minimum absolute atomic E-state index is 0.181. The summed E-state index contributed by atoms with van der Waals surface area (Å²) in [6.07, 6.45) is 2.98. The monoisotopic (exact) mass is 389 g/mol. The zero-order chi connectivity index (χ0) is 19.9. The van der Waals surface area contributed by atoms with Gasteiger partial charge in [-0.1, -0.05) is 6.07 Å². The van der Waals surface area contributed by atoms with E-state index >= 15 is 0 Å². The summed E-state index contributed by atoms with van der Waals surface area (Å²) in [5.74, 6) is 0. The summed E-state index contributed by atoms with van der Waals surface area (Å²) in [5, 5.41) is 19.6. The summed E-state index contributed by atoms with van der Waals surface area (Å²) in [7, 11) is 4.17. The highest BCUT2D eigenvalue weighted by atomic mass is 16.2. The van der Waals surface area contributed by atoms with Crippen molar-refractivity contribution in [2.24, 2.45) is 0 Å². The molecule has 6 N–H and O–H groups in total. The van der Waals surface area contributed by atoms with Gasteiger partial charge in [-0.25, -0.2) is 4.79 Å². The molecule has 2 aliphatic heterocycles. The van der Waals surface area contributed by atoms with Gasteiger partial charge in [0.1, 0.15) is 6.29 Å². The van der Waals surface area contributed by atoms with Crippen LogP contribution in [0.2, 0.25) is 0 Å². The van der Waals surface area contributed by atoms with Gasteiger partial charge >= 0.3 is 6.03 Å². The van der Waals surface area contributed by atoms with Gasteiger partial charge in [-0.2, -0.15) is 0 Å². The third-order valence-electron chi connectivity index (χ3n) is 5.21. The number of nitrogens with zero attached hydrogens (tertiary/aromatic N) is 1. The molecule has 0 radical (unpaired) electrons. The van der Waals surface area contributed by atoms with Crippen LogP contribution < -0.4 is 31.9 Å². The van der Waals surface area contributed by atoms with E-state index in [-0.39, 0.29) is 18.5 Å². The molecule has 3 rings (SSSR count). The summed E-state index contributed by atoms with van der Waals surface area (Å²) in [6, 6.07) is 6.23. The quantitative estimate of drug-likeness (QED) is 0.382. The van der Waals surface area contributed by atoms with E-state index in [1.54, 1.807) is 0 Å². The minimum Gasteiger partial charge on any atom is -0.312 e. The number of amides is 2. The molecule has 0 spiro atoms. The molecule has 2 heterocycles. The lowest BCUT2D eigenvalue weighted by molar-refractivity contribution is 0.192. The van der Waals surface area contributed by atoms with Crippen molar-refractivity contribution < 1.29 is 4.79 Å². The first-order chi connectivity index (χ1) is 13.5. The van der Waals surface area contributed by atoms with Crippen LogP contribution in [0.5, 0.6) is 0 Å². The maximum atomic E-state index is 12.5. The number of carbonyl (C=O) groups excluding carboxylic acids is 1. The second-order valence-corrected chi connectivity index (χ2v) is 8.08. The van der Waals surface area contributed by atoms with Gasteiger partial charge in [0.25, 0.3) is 0 Å². The van der Waals surface area contributed by atoms with Crippen molar-refractivity contribution in [3.63, 3.8) is 0 Å². The molecule has 2 amide bonds. The van der Waals surface area contributed by atoms with E-state index in [0.717, 1.165) is 51.1 Å². The van der Waals surface area contributed by atoms with E-state index in [1.807, 2.05) is 6.07 Å². The van der Waals surface area contributed by atoms with Gasteiger partial charge in [-0.3, -0.25) is 10.6 Å². The lowest BCUT2D eigenvalue weighted by atomic mass is 10.0. The van der Waals surface area contributed by atoms with Crippen LogP contribution >= 0.6 is 0 Å². The maximum Gasteiger partial charge on any atom is 0.321 e. The normalized spacial score (nSPS) is 24.6. The van der Waals surface area contributed by atoms with E-state index in [2.05, 4.69) is 70.0 Å². The van der Waals surface area contributed by atoms with Gasteiger partial charge < -0.3 is 26.2 Å². The van der Waals surface area contributed by atoms with Crippen LogP contribution in [0, 0.1) is 0 Å². The maximum absolute atomic E-state index is 12.5. The van der Waals surface area contributed by atoms with Gasteiger partial charge in [-0.15, -0.1) is 0 Å². The van der Waals surface area contributed by atoms with Crippen LogP contribution in [0.25, 0.3) is 0 Å². The minimum atomic E-state index is -0.267. The topological polar surface area (TPSA) is 92.5 Å². The number of fused-ring (bicyclic) bond motifs is 1. The zero-order valence-electron chi connectivity index (χ0n) is 17.3. The molecule has 8 heteroatoms. The molecular weight excluding hydrogens is 354 g/mol. The Balaban J connectivity index is 1.46. The number of hydrogen-bond acceptors (Lipinski definition) is 6. The Labute approximate surface area is 168 Å². The van der Waals surface area contributed by atoms with Crippen molar-refractivity contribution in [3.05, 3.63) is 29.3 Å². The van der Waals surface area contributed by atoms with Crippen molar-refractivity contribution in [1.82, 2.24) is 31.5 Å².